The lowest BCUT2D eigenvalue weighted by Gasteiger charge is -2.08. The van der Waals surface area contributed by atoms with E-state index in [0.717, 1.165) is 0 Å². The summed E-state index contributed by atoms with van der Waals surface area (Å²) in [4.78, 5) is 16.4. The molecule has 1 aromatic heterocycles. The van der Waals surface area contributed by atoms with Gasteiger partial charge in [-0.2, -0.15) is 5.10 Å². The Balaban J connectivity index is 2.20. The predicted molar refractivity (Wildman–Crippen MR) is 77.0 cm³/mol. The molecule has 0 saturated carbocycles. The monoisotopic (exact) mass is 339 g/mol. The van der Waals surface area contributed by atoms with Crippen molar-refractivity contribution in [2.24, 2.45) is 5.92 Å². The van der Waals surface area contributed by atoms with Crippen molar-refractivity contribution in [1.29, 1.82) is 0 Å². The largest absolute Gasteiger partial charge is 0.294 e. The van der Waals surface area contributed by atoms with E-state index in [4.69, 9.17) is 0 Å². The van der Waals surface area contributed by atoms with Gasteiger partial charge in [-0.1, -0.05) is 29.8 Å². The number of benzene rings is 1. The molecule has 4 nitrogen and oxygen atoms in total. The zero-order valence-corrected chi connectivity index (χ0v) is 12.9. The van der Waals surface area contributed by atoms with Gasteiger partial charge in [0.05, 0.1) is 6.42 Å². The molecular weight excluding hydrogens is 325 g/mol. The predicted octanol–water partition coefficient (Wildman–Crippen LogP) is 3.26. The van der Waals surface area contributed by atoms with Crippen molar-refractivity contribution in [1.82, 2.24) is 14.8 Å². The highest BCUT2D eigenvalue weighted by Gasteiger charge is 2.16. The van der Waals surface area contributed by atoms with Crippen LogP contribution in [0.5, 0.6) is 0 Å². The molecular formula is C14H15BrFN3O. The van der Waals surface area contributed by atoms with E-state index in [0.29, 0.717) is 28.3 Å². The van der Waals surface area contributed by atoms with Crippen LogP contribution in [0.2, 0.25) is 0 Å². The van der Waals surface area contributed by atoms with Crippen molar-refractivity contribution in [3.05, 3.63) is 46.2 Å². The molecule has 0 atom stereocenters. The summed E-state index contributed by atoms with van der Waals surface area (Å²) >= 11 is 3.26. The fraction of sp³-hybridized carbons (Fsp3) is 0.357. The lowest BCUT2D eigenvalue weighted by Crippen LogP contribution is -2.14. The number of nitrogens with zero attached hydrogens (tertiary/aromatic N) is 3. The molecule has 0 bridgehead atoms. The molecule has 2 rings (SSSR count). The van der Waals surface area contributed by atoms with Crippen LogP contribution in [-0.2, 0) is 13.0 Å². The number of aromatic nitrogens is 3. The molecule has 0 saturated heterocycles. The summed E-state index contributed by atoms with van der Waals surface area (Å²) in [6.07, 6.45) is 1.54. The van der Waals surface area contributed by atoms with Gasteiger partial charge in [0.25, 0.3) is 0 Å². The third-order valence-electron chi connectivity index (χ3n) is 2.78. The van der Waals surface area contributed by atoms with Gasteiger partial charge in [0, 0.05) is 16.6 Å². The summed E-state index contributed by atoms with van der Waals surface area (Å²) in [5, 5.41) is 4.11. The molecule has 20 heavy (non-hydrogen) atoms. The van der Waals surface area contributed by atoms with Gasteiger partial charge in [-0.25, -0.2) is 14.1 Å². The van der Waals surface area contributed by atoms with Crippen LogP contribution in [0.4, 0.5) is 4.39 Å². The molecule has 0 spiro atoms. The quantitative estimate of drug-likeness (QED) is 0.785. The Labute approximate surface area is 125 Å². The summed E-state index contributed by atoms with van der Waals surface area (Å²) in [5.41, 5.74) is 0.323. The molecule has 0 amide bonds. The molecule has 106 valence electrons. The SMILES string of the molecule is CC(C)Cn1ncnc1CC(=O)c1cc(F)ccc1Br. The first kappa shape index (κ1) is 14.8. The van der Waals surface area contributed by atoms with E-state index in [-0.39, 0.29) is 12.2 Å². The summed E-state index contributed by atoms with van der Waals surface area (Å²) in [6, 6.07) is 4.07. The van der Waals surface area contributed by atoms with Crippen molar-refractivity contribution in [3.63, 3.8) is 0 Å². The summed E-state index contributed by atoms with van der Waals surface area (Å²) in [7, 11) is 0. The van der Waals surface area contributed by atoms with E-state index in [1.807, 2.05) is 0 Å². The third kappa shape index (κ3) is 3.50. The summed E-state index contributed by atoms with van der Waals surface area (Å²) in [6.45, 7) is 4.83. The number of ketones is 1. The minimum Gasteiger partial charge on any atom is -0.294 e. The molecule has 0 aliphatic rings. The zero-order valence-electron chi connectivity index (χ0n) is 11.3. The summed E-state index contributed by atoms with van der Waals surface area (Å²) in [5.74, 6) is 0.390. The van der Waals surface area contributed by atoms with Crippen LogP contribution in [0.1, 0.15) is 30.0 Å². The number of Topliss-reactive ketones (excluding diaryl/α,β-unsaturated/α-hetero) is 1. The standard InChI is InChI=1S/C14H15BrFN3O/c1-9(2)7-19-14(17-8-18-19)6-13(20)11-5-10(16)3-4-12(11)15/h3-5,8-9H,6-7H2,1-2H3. The maximum atomic E-state index is 13.2. The lowest BCUT2D eigenvalue weighted by atomic mass is 10.1. The molecule has 0 radical (unpaired) electrons. The van der Waals surface area contributed by atoms with Crippen LogP contribution in [0, 0.1) is 11.7 Å². The van der Waals surface area contributed by atoms with Gasteiger partial charge in [-0.05, 0) is 24.1 Å². The van der Waals surface area contributed by atoms with Gasteiger partial charge in [-0.15, -0.1) is 0 Å². The molecule has 0 aliphatic carbocycles. The molecule has 0 unspecified atom stereocenters. The van der Waals surface area contributed by atoms with Gasteiger partial charge < -0.3 is 0 Å². The van der Waals surface area contributed by atoms with Crippen molar-refractivity contribution in [2.45, 2.75) is 26.8 Å². The lowest BCUT2D eigenvalue weighted by molar-refractivity contribution is 0.0988. The second kappa shape index (κ2) is 6.26. The Bertz CT molecular complexity index is 625. The second-order valence-electron chi connectivity index (χ2n) is 4.98. The Morgan fingerprint density at radius 2 is 2.20 bits per heavy atom. The van der Waals surface area contributed by atoms with Gasteiger partial charge >= 0.3 is 0 Å². The van der Waals surface area contributed by atoms with E-state index in [1.54, 1.807) is 4.68 Å². The average Bonchev–Trinajstić information content (AvgIpc) is 2.78. The van der Waals surface area contributed by atoms with Crippen LogP contribution in [-0.4, -0.2) is 20.5 Å². The van der Waals surface area contributed by atoms with Gasteiger partial charge in [-0.3, -0.25) is 4.79 Å². The Kier molecular flexibility index (Phi) is 4.65. The van der Waals surface area contributed by atoms with E-state index < -0.39 is 5.82 Å². The highest BCUT2D eigenvalue weighted by Crippen LogP contribution is 2.19. The molecule has 1 aromatic carbocycles. The van der Waals surface area contributed by atoms with Gasteiger partial charge in [0.1, 0.15) is 18.0 Å². The number of hydrogen-bond donors (Lipinski definition) is 0. The number of carbonyl (C=O) groups is 1. The number of halogens is 2. The zero-order chi connectivity index (χ0) is 14.7. The first-order valence-electron chi connectivity index (χ1n) is 6.32. The van der Waals surface area contributed by atoms with E-state index in [9.17, 15) is 9.18 Å². The van der Waals surface area contributed by atoms with Crippen molar-refractivity contribution < 1.29 is 9.18 Å². The van der Waals surface area contributed by atoms with Crippen LogP contribution in [0.25, 0.3) is 0 Å². The number of carbonyl (C=O) groups excluding carboxylic acids is 1. The first-order chi connectivity index (χ1) is 9.47. The maximum absolute atomic E-state index is 13.2. The van der Waals surface area contributed by atoms with Crippen LogP contribution in [0.15, 0.2) is 29.0 Å². The van der Waals surface area contributed by atoms with Crippen LogP contribution in [0.3, 0.4) is 0 Å². The van der Waals surface area contributed by atoms with Crippen molar-refractivity contribution in [2.75, 3.05) is 0 Å². The second-order valence-corrected chi connectivity index (χ2v) is 5.83. The maximum Gasteiger partial charge on any atom is 0.171 e. The molecule has 0 fully saturated rings. The minimum absolute atomic E-state index is 0.106. The van der Waals surface area contributed by atoms with E-state index in [2.05, 4.69) is 39.9 Å². The average molecular weight is 340 g/mol. The normalized spacial score (nSPS) is 11.1. The third-order valence-corrected chi connectivity index (χ3v) is 3.47. The minimum atomic E-state index is -0.430. The highest BCUT2D eigenvalue weighted by molar-refractivity contribution is 9.10. The number of hydrogen-bond acceptors (Lipinski definition) is 3. The highest BCUT2D eigenvalue weighted by atomic mass is 79.9. The van der Waals surface area contributed by atoms with Crippen LogP contribution < -0.4 is 0 Å². The molecule has 1 heterocycles. The van der Waals surface area contributed by atoms with Crippen LogP contribution >= 0.6 is 15.9 Å². The molecule has 0 aliphatic heterocycles. The fourth-order valence-electron chi connectivity index (χ4n) is 1.87. The Morgan fingerprint density at radius 1 is 1.45 bits per heavy atom. The van der Waals surface area contributed by atoms with Crippen molar-refractivity contribution in [3.8, 4) is 0 Å². The first-order valence-corrected chi connectivity index (χ1v) is 7.11. The molecule has 2 aromatic rings. The summed E-state index contributed by atoms with van der Waals surface area (Å²) < 4.78 is 15.5. The van der Waals surface area contributed by atoms with Gasteiger partial charge in [0.2, 0.25) is 0 Å². The van der Waals surface area contributed by atoms with Gasteiger partial charge in [0.15, 0.2) is 5.78 Å². The van der Waals surface area contributed by atoms with E-state index >= 15 is 0 Å². The smallest absolute Gasteiger partial charge is 0.171 e. The fourth-order valence-corrected chi connectivity index (χ4v) is 2.34. The van der Waals surface area contributed by atoms with E-state index in [1.165, 1.54) is 24.5 Å². The Morgan fingerprint density at radius 3 is 2.90 bits per heavy atom. The topological polar surface area (TPSA) is 47.8 Å². The molecule has 0 N–H and O–H groups in total. The number of rotatable bonds is 5. The van der Waals surface area contributed by atoms with Crippen molar-refractivity contribution >= 4 is 21.7 Å². The Hall–Kier alpha value is -1.56. The molecule has 6 heteroatoms.